The molecule has 0 aromatic carbocycles. The van der Waals surface area contributed by atoms with Crippen molar-refractivity contribution in [3.63, 3.8) is 0 Å². The normalized spacial score (nSPS) is 17.9. The molecule has 0 radical (unpaired) electrons. The van der Waals surface area contributed by atoms with Crippen LogP contribution in [0.2, 0.25) is 0 Å². The van der Waals surface area contributed by atoms with Gasteiger partial charge in [0.15, 0.2) is 0 Å². The van der Waals surface area contributed by atoms with Crippen LogP contribution in [0.5, 0.6) is 0 Å². The molecule has 12 heteroatoms. The van der Waals surface area contributed by atoms with Crippen LogP contribution in [-0.4, -0.2) is 60.3 Å². The fourth-order valence-electron chi connectivity index (χ4n) is 4.26. The number of nitrogens with two attached hydrogens (primary N) is 2. The third-order valence-electron chi connectivity index (χ3n) is 6.06. The average molecular weight is 461 g/mol. The van der Waals surface area contributed by atoms with Crippen LogP contribution in [0.1, 0.15) is 27.8 Å². The zero-order valence-electron chi connectivity index (χ0n) is 18.7. The molecule has 4 aromatic rings. The second kappa shape index (κ2) is 8.14. The summed E-state index contributed by atoms with van der Waals surface area (Å²) in [7, 11) is 1.85. The van der Waals surface area contributed by atoms with Gasteiger partial charge in [-0.25, -0.2) is 14.5 Å². The third-order valence-corrected chi connectivity index (χ3v) is 6.06. The standard InChI is InChI=1S/C22H24N10O2/c1-12-8-31(22-25-4-3-16(29-22)21(24)34)11-17(12)28-19-15(20(23)33)7-27-32-10-13(5-18(19)32)14-6-26-30(2)9-14/h3-7,9-10,12,17,28H,8,11H2,1-2H3,(H2,23,33)(H2,24,34)/t12-,17-/m1/s1. The SMILES string of the molecule is C[C@@H]1CN(c2nccc(C(N)=O)n2)C[C@H]1Nc1c(C(N)=O)cnn2cc(-c3cnn(C)c3)cc12. The monoisotopic (exact) mass is 460 g/mol. The van der Waals surface area contributed by atoms with Crippen molar-refractivity contribution >= 4 is 29.0 Å². The number of primary amides is 2. The molecule has 12 nitrogen and oxygen atoms in total. The van der Waals surface area contributed by atoms with Crippen molar-refractivity contribution in [1.82, 2.24) is 29.4 Å². The molecule has 1 aliphatic rings. The summed E-state index contributed by atoms with van der Waals surface area (Å²) in [6.45, 7) is 3.32. The molecule has 5 heterocycles. The minimum atomic E-state index is -0.603. The topological polar surface area (TPSA) is 162 Å². The van der Waals surface area contributed by atoms with Crippen molar-refractivity contribution in [2.45, 2.75) is 13.0 Å². The van der Waals surface area contributed by atoms with E-state index in [2.05, 4.69) is 32.4 Å². The minimum absolute atomic E-state index is 0.0399. The van der Waals surface area contributed by atoms with Gasteiger partial charge in [-0.1, -0.05) is 6.92 Å². The molecular formula is C22H24N10O2. The number of carbonyl (C=O) groups is 2. The van der Waals surface area contributed by atoms with Gasteiger partial charge in [-0.15, -0.1) is 0 Å². The molecule has 1 saturated heterocycles. The number of rotatable bonds is 6. The van der Waals surface area contributed by atoms with Crippen LogP contribution in [0, 0.1) is 5.92 Å². The average Bonchev–Trinajstić information content (AvgIpc) is 3.52. The molecule has 0 aliphatic carbocycles. The lowest BCUT2D eigenvalue weighted by atomic mass is 10.1. The quantitative estimate of drug-likeness (QED) is 0.378. The summed E-state index contributed by atoms with van der Waals surface area (Å²) in [4.78, 5) is 34.3. The van der Waals surface area contributed by atoms with E-state index in [0.717, 1.165) is 16.6 Å². The van der Waals surface area contributed by atoms with E-state index < -0.39 is 11.8 Å². The van der Waals surface area contributed by atoms with E-state index in [1.165, 1.54) is 18.5 Å². The van der Waals surface area contributed by atoms with Gasteiger partial charge in [-0.05, 0) is 18.1 Å². The van der Waals surface area contributed by atoms with Gasteiger partial charge in [0.1, 0.15) is 5.69 Å². The Kier molecular flexibility index (Phi) is 5.11. The highest BCUT2D eigenvalue weighted by atomic mass is 16.1. The van der Waals surface area contributed by atoms with E-state index in [1.54, 1.807) is 15.4 Å². The Bertz CT molecular complexity index is 1410. The Balaban J connectivity index is 1.48. The second-order valence-electron chi connectivity index (χ2n) is 8.50. The van der Waals surface area contributed by atoms with Gasteiger partial charge < -0.3 is 21.7 Å². The van der Waals surface area contributed by atoms with Crippen molar-refractivity contribution < 1.29 is 9.59 Å². The summed E-state index contributed by atoms with van der Waals surface area (Å²) in [6, 6.07) is 3.40. The number of nitrogens with zero attached hydrogens (tertiary/aromatic N) is 7. The van der Waals surface area contributed by atoms with Crippen molar-refractivity contribution in [1.29, 1.82) is 0 Å². The van der Waals surface area contributed by atoms with Gasteiger partial charge in [0.25, 0.3) is 11.8 Å². The van der Waals surface area contributed by atoms with E-state index in [-0.39, 0.29) is 17.7 Å². The molecule has 0 spiro atoms. The minimum Gasteiger partial charge on any atom is -0.378 e. The number of nitrogens with one attached hydrogen (secondary N) is 1. The summed E-state index contributed by atoms with van der Waals surface area (Å²) in [5.41, 5.74) is 14.7. The third kappa shape index (κ3) is 3.78. The number of hydrogen-bond acceptors (Lipinski definition) is 8. The lowest BCUT2D eigenvalue weighted by Crippen LogP contribution is -2.30. The molecule has 174 valence electrons. The Morgan fingerprint density at radius 3 is 2.62 bits per heavy atom. The number of carbonyl (C=O) groups excluding carboxylic acids is 2. The number of aromatic nitrogens is 6. The zero-order valence-corrected chi connectivity index (χ0v) is 18.7. The molecule has 5 N–H and O–H groups in total. The molecule has 4 aromatic heterocycles. The van der Waals surface area contributed by atoms with Crippen molar-refractivity contribution in [3.8, 4) is 11.1 Å². The van der Waals surface area contributed by atoms with Crippen molar-refractivity contribution in [2.75, 3.05) is 23.3 Å². The first-order valence-corrected chi connectivity index (χ1v) is 10.7. The lowest BCUT2D eigenvalue weighted by molar-refractivity contribution is 0.0989. The van der Waals surface area contributed by atoms with E-state index in [0.29, 0.717) is 30.3 Å². The summed E-state index contributed by atoms with van der Waals surface area (Å²) in [6.07, 6.45) is 8.56. The molecule has 0 bridgehead atoms. The maximum atomic E-state index is 12.2. The zero-order chi connectivity index (χ0) is 24.0. The van der Waals surface area contributed by atoms with Crippen molar-refractivity contribution in [2.24, 2.45) is 24.4 Å². The largest absolute Gasteiger partial charge is 0.378 e. The van der Waals surface area contributed by atoms with Crippen LogP contribution in [0.3, 0.4) is 0 Å². The van der Waals surface area contributed by atoms with Crippen LogP contribution in [0.4, 0.5) is 11.6 Å². The maximum absolute atomic E-state index is 12.2. The predicted molar refractivity (Wildman–Crippen MR) is 125 cm³/mol. The van der Waals surface area contributed by atoms with Crippen LogP contribution < -0.4 is 21.7 Å². The van der Waals surface area contributed by atoms with Crippen LogP contribution in [0.15, 0.2) is 43.1 Å². The maximum Gasteiger partial charge on any atom is 0.267 e. The van der Waals surface area contributed by atoms with Gasteiger partial charge in [-0.2, -0.15) is 10.2 Å². The number of anilines is 2. The van der Waals surface area contributed by atoms with Crippen LogP contribution >= 0.6 is 0 Å². The van der Waals surface area contributed by atoms with Gasteiger partial charge in [-0.3, -0.25) is 14.3 Å². The fourth-order valence-corrected chi connectivity index (χ4v) is 4.26. The highest BCUT2D eigenvalue weighted by Crippen LogP contribution is 2.31. The van der Waals surface area contributed by atoms with Gasteiger partial charge in [0.2, 0.25) is 5.95 Å². The second-order valence-corrected chi connectivity index (χ2v) is 8.50. The van der Waals surface area contributed by atoms with Gasteiger partial charge >= 0.3 is 0 Å². The highest BCUT2D eigenvalue weighted by Gasteiger charge is 2.32. The first-order chi connectivity index (χ1) is 16.3. The Morgan fingerprint density at radius 2 is 1.91 bits per heavy atom. The molecule has 0 saturated carbocycles. The summed E-state index contributed by atoms with van der Waals surface area (Å²) >= 11 is 0. The van der Waals surface area contributed by atoms with Crippen LogP contribution in [-0.2, 0) is 7.05 Å². The van der Waals surface area contributed by atoms with E-state index in [4.69, 9.17) is 11.5 Å². The van der Waals surface area contributed by atoms with Gasteiger partial charge in [0, 0.05) is 55.9 Å². The molecule has 5 rings (SSSR count). The lowest BCUT2D eigenvalue weighted by Gasteiger charge is -2.20. The summed E-state index contributed by atoms with van der Waals surface area (Å²) in [5, 5.41) is 12.1. The number of fused-ring (bicyclic) bond motifs is 1. The molecule has 2 amide bonds. The number of hydrogen-bond donors (Lipinski definition) is 3. The molecule has 1 fully saturated rings. The number of aryl methyl sites for hydroxylation is 1. The molecule has 34 heavy (non-hydrogen) atoms. The molecule has 0 unspecified atom stereocenters. The Labute approximate surface area is 194 Å². The van der Waals surface area contributed by atoms with Crippen LogP contribution in [0.25, 0.3) is 16.6 Å². The summed E-state index contributed by atoms with van der Waals surface area (Å²) < 4.78 is 3.44. The van der Waals surface area contributed by atoms with E-state index in [9.17, 15) is 9.59 Å². The molecule has 1 aliphatic heterocycles. The Morgan fingerprint density at radius 1 is 1.09 bits per heavy atom. The van der Waals surface area contributed by atoms with Crippen molar-refractivity contribution in [3.05, 3.63) is 54.4 Å². The fraction of sp³-hybridized carbons (Fsp3) is 0.273. The Hall–Kier alpha value is -4.48. The molecule has 2 atom stereocenters. The summed E-state index contributed by atoms with van der Waals surface area (Å²) in [5.74, 6) is -0.554. The highest BCUT2D eigenvalue weighted by molar-refractivity contribution is 6.02. The number of amides is 2. The smallest absolute Gasteiger partial charge is 0.267 e. The van der Waals surface area contributed by atoms with E-state index in [1.807, 2.05) is 30.4 Å². The first kappa shape index (κ1) is 21.4. The molecular weight excluding hydrogens is 436 g/mol. The van der Waals surface area contributed by atoms with Gasteiger partial charge in [0.05, 0.1) is 29.2 Å². The predicted octanol–water partition coefficient (Wildman–Crippen LogP) is 0.659. The first-order valence-electron chi connectivity index (χ1n) is 10.7. The van der Waals surface area contributed by atoms with E-state index >= 15 is 0 Å².